The number of primary sulfonamides is 1. The van der Waals surface area contributed by atoms with Gasteiger partial charge in [-0.05, 0) is 24.1 Å². The molecule has 1 rings (SSSR count). The number of halogens is 1. The highest BCUT2D eigenvalue weighted by Gasteiger charge is 2.21. The second-order valence-electron chi connectivity index (χ2n) is 4.59. The van der Waals surface area contributed by atoms with E-state index in [1.54, 1.807) is 0 Å². The van der Waals surface area contributed by atoms with Crippen molar-refractivity contribution in [2.75, 3.05) is 5.32 Å². The number of hydrogen-bond acceptors (Lipinski definition) is 4. The monoisotopic (exact) mass is 319 g/mol. The molecule has 2 atom stereocenters. The third-order valence-corrected chi connectivity index (χ3v) is 4.32. The minimum absolute atomic E-state index is 0.00445. The number of hydrogen-bond donors (Lipinski definition) is 3. The Balaban J connectivity index is 3.01. The number of amides is 1. The summed E-state index contributed by atoms with van der Waals surface area (Å²) in [5, 5.41) is 7.76. The van der Waals surface area contributed by atoms with Gasteiger partial charge in [0, 0.05) is 0 Å². The molecule has 0 bridgehead atoms. The summed E-state index contributed by atoms with van der Waals surface area (Å²) >= 11 is 5.92. The van der Waals surface area contributed by atoms with Gasteiger partial charge in [0.15, 0.2) is 0 Å². The average Bonchev–Trinajstić information content (AvgIpc) is 2.38. The SMILES string of the molecule is CC[C@H](C)[C@H](N)C(=O)Nc1cc(S(N)(=O)=O)ccc1Cl. The van der Waals surface area contributed by atoms with Gasteiger partial charge < -0.3 is 11.1 Å². The quantitative estimate of drug-likeness (QED) is 0.758. The second-order valence-corrected chi connectivity index (χ2v) is 6.56. The highest BCUT2D eigenvalue weighted by Crippen LogP contribution is 2.25. The fourth-order valence-electron chi connectivity index (χ4n) is 1.51. The second kappa shape index (κ2) is 6.53. The van der Waals surface area contributed by atoms with Crippen molar-refractivity contribution in [1.29, 1.82) is 0 Å². The molecule has 1 amide bonds. The van der Waals surface area contributed by atoms with E-state index in [-0.39, 0.29) is 21.5 Å². The van der Waals surface area contributed by atoms with Crippen LogP contribution in [0, 0.1) is 5.92 Å². The smallest absolute Gasteiger partial charge is 0.241 e. The van der Waals surface area contributed by atoms with Crippen molar-refractivity contribution in [3.63, 3.8) is 0 Å². The van der Waals surface area contributed by atoms with Crippen molar-refractivity contribution in [2.45, 2.75) is 31.2 Å². The largest absolute Gasteiger partial charge is 0.323 e. The predicted octanol–water partition coefficient (Wildman–Crippen LogP) is 1.30. The number of anilines is 1. The number of sulfonamides is 1. The molecule has 0 heterocycles. The van der Waals surface area contributed by atoms with Crippen molar-refractivity contribution in [2.24, 2.45) is 16.8 Å². The van der Waals surface area contributed by atoms with Gasteiger partial charge in [0.25, 0.3) is 0 Å². The van der Waals surface area contributed by atoms with Crippen LogP contribution in [-0.2, 0) is 14.8 Å². The zero-order valence-corrected chi connectivity index (χ0v) is 12.8. The van der Waals surface area contributed by atoms with Gasteiger partial charge in [-0.3, -0.25) is 4.79 Å². The topological polar surface area (TPSA) is 115 Å². The molecule has 1 aromatic carbocycles. The van der Waals surface area contributed by atoms with Crippen LogP contribution in [0.1, 0.15) is 20.3 Å². The number of carbonyl (C=O) groups is 1. The Bertz CT molecular complexity index is 604. The summed E-state index contributed by atoms with van der Waals surface area (Å²) in [6, 6.07) is 3.13. The molecule has 5 N–H and O–H groups in total. The Labute approximate surface area is 123 Å². The normalized spacial score (nSPS) is 14.7. The van der Waals surface area contributed by atoms with Crippen LogP contribution in [0.25, 0.3) is 0 Å². The van der Waals surface area contributed by atoms with Gasteiger partial charge >= 0.3 is 0 Å². The van der Waals surface area contributed by atoms with E-state index in [4.69, 9.17) is 22.5 Å². The first-order chi connectivity index (χ1) is 9.16. The summed E-state index contributed by atoms with van der Waals surface area (Å²) in [5.74, 6) is -0.428. The van der Waals surface area contributed by atoms with Crippen LogP contribution in [0.3, 0.4) is 0 Å². The maximum atomic E-state index is 12.0. The molecule has 0 aliphatic rings. The first kappa shape index (κ1) is 16.9. The fourth-order valence-corrected chi connectivity index (χ4v) is 2.21. The van der Waals surface area contributed by atoms with Crippen LogP contribution >= 0.6 is 11.6 Å². The molecule has 0 radical (unpaired) electrons. The van der Waals surface area contributed by atoms with Crippen molar-refractivity contribution in [1.82, 2.24) is 0 Å². The van der Waals surface area contributed by atoms with Gasteiger partial charge in [0.2, 0.25) is 15.9 Å². The summed E-state index contributed by atoms with van der Waals surface area (Å²) < 4.78 is 22.5. The Hall–Kier alpha value is -1.15. The van der Waals surface area contributed by atoms with Crippen molar-refractivity contribution < 1.29 is 13.2 Å². The predicted molar refractivity (Wildman–Crippen MR) is 78.9 cm³/mol. The molecule has 0 saturated heterocycles. The molecule has 1 aromatic rings. The molecule has 0 fully saturated rings. The molecular weight excluding hydrogens is 302 g/mol. The van der Waals surface area contributed by atoms with Crippen LogP contribution in [0.2, 0.25) is 5.02 Å². The zero-order valence-electron chi connectivity index (χ0n) is 11.3. The van der Waals surface area contributed by atoms with Crippen LogP contribution < -0.4 is 16.2 Å². The van der Waals surface area contributed by atoms with Gasteiger partial charge in [-0.25, -0.2) is 13.6 Å². The van der Waals surface area contributed by atoms with Crippen molar-refractivity contribution >= 4 is 33.2 Å². The molecule has 0 unspecified atom stereocenters. The molecule has 0 aliphatic heterocycles. The minimum atomic E-state index is -3.86. The molecule has 0 spiro atoms. The maximum absolute atomic E-state index is 12.0. The van der Waals surface area contributed by atoms with E-state index < -0.39 is 22.0 Å². The number of nitrogens with one attached hydrogen (secondary N) is 1. The van der Waals surface area contributed by atoms with Crippen molar-refractivity contribution in [3.05, 3.63) is 23.2 Å². The van der Waals surface area contributed by atoms with E-state index in [9.17, 15) is 13.2 Å². The van der Waals surface area contributed by atoms with E-state index in [0.717, 1.165) is 6.42 Å². The number of rotatable bonds is 5. The lowest BCUT2D eigenvalue weighted by molar-refractivity contribution is -0.118. The molecule has 20 heavy (non-hydrogen) atoms. The van der Waals surface area contributed by atoms with E-state index in [0.29, 0.717) is 0 Å². The summed E-state index contributed by atoms with van der Waals surface area (Å²) in [6.45, 7) is 3.78. The fraction of sp³-hybridized carbons (Fsp3) is 0.417. The maximum Gasteiger partial charge on any atom is 0.241 e. The Kier molecular flexibility index (Phi) is 5.52. The van der Waals surface area contributed by atoms with Gasteiger partial charge in [-0.2, -0.15) is 0 Å². The van der Waals surface area contributed by atoms with Crippen LogP contribution in [-0.4, -0.2) is 20.4 Å². The zero-order chi connectivity index (χ0) is 15.5. The van der Waals surface area contributed by atoms with E-state index >= 15 is 0 Å². The third kappa shape index (κ3) is 4.17. The van der Waals surface area contributed by atoms with Crippen LogP contribution in [0.5, 0.6) is 0 Å². The van der Waals surface area contributed by atoms with Gasteiger partial charge in [-0.1, -0.05) is 31.9 Å². The van der Waals surface area contributed by atoms with Crippen LogP contribution in [0.15, 0.2) is 23.1 Å². The lowest BCUT2D eigenvalue weighted by atomic mass is 9.99. The van der Waals surface area contributed by atoms with Gasteiger partial charge in [0.1, 0.15) is 0 Å². The average molecular weight is 320 g/mol. The summed E-state index contributed by atoms with van der Waals surface area (Å²) in [7, 11) is -3.86. The highest BCUT2D eigenvalue weighted by molar-refractivity contribution is 7.89. The molecule has 0 aromatic heterocycles. The van der Waals surface area contributed by atoms with E-state index in [1.807, 2.05) is 13.8 Å². The lowest BCUT2D eigenvalue weighted by Crippen LogP contribution is -2.40. The van der Waals surface area contributed by atoms with E-state index in [2.05, 4.69) is 5.32 Å². The van der Waals surface area contributed by atoms with Gasteiger partial charge in [0.05, 0.1) is 21.6 Å². The number of nitrogens with two attached hydrogens (primary N) is 2. The molecule has 0 saturated carbocycles. The van der Waals surface area contributed by atoms with Crippen LogP contribution in [0.4, 0.5) is 5.69 Å². The molecule has 112 valence electrons. The highest BCUT2D eigenvalue weighted by atomic mass is 35.5. The van der Waals surface area contributed by atoms with Crippen molar-refractivity contribution in [3.8, 4) is 0 Å². The standard InChI is InChI=1S/C12H18ClN3O3S/c1-3-7(2)11(14)12(17)16-10-6-8(20(15,18)19)4-5-9(10)13/h4-7,11H,3,14H2,1-2H3,(H,16,17)(H2,15,18,19)/t7-,11-/m0/s1. The molecule has 8 heteroatoms. The molecular formula is C12H18ClN3O3S. The van der Waals surface area contributed by atoms with Gasteiger partial charge in [-0.15, -0.1) is 0 Å². The summed E-state index contributed by atoms with van der Waals surface area (Å²) in [5.41, 5.74) is 5.96. The summed E-state index contributed by atoms with van der Waals surface area (Å²) in [6.07, 6.45) is 0.750. The Morgan fingerprint density at radius 1 is 1.45 bits per heavy atom. The minimum Gasteiger partial charge on any atom is -0.323 e. The summed E-state index contributed by atoms with van der Waals surface area (Å²) in [4.78, 5) is 11.8. The first-order valence-electron chi connectivity index (χ1n) is 6.05. The number of benzene rings is 1. The first-order valence-corrected chi connectivity index (χ1v) is 7.98. The Morgan fingerprint density at radius 3 is 2.55 bits per heavy atom. The number of carbonyl (C=O) groups excluding carboxylic acids is 1. The third-order valence-electron chi connectivity index (χ3n) is 3.08. The lowest BCUT2D eigenvalue weighted by Gasteiger charge is -2.18. The van der Waals surface area contributed by atoms with E-state index in [1.165, 1.54) is 18.2 Å². The molecule has 6 nitrogen and oxygen atoms in total. The molecule has 0 aliphatic carbocycles. The Morgan fingerprint density at radius 2 is 2.05 bits per heavy atom.